The van der Waals surface area contributed by atoms with E-state index < -0.39 is 17.7 Å². The molecule has 29 heavy (non-hydrogen) atoms. The molecular weight excluding hydrogens is 378 g/mol. The number of aromatic nitrogens is 1. The predicted molar refractivity (Wildman–Crippen MR) is 106 cm³/mol. The summed E-state index contributed by atoms with van der Waals surface area (Å²) < 4.78 is 37.9. The summed E-state index contributed by atoms with van der Waals surface area (Å²) in [6.45, 7) is 1.15. The van der Waals surface area contributed by atoms with Gasteiger partial charge in [-0.3, -0.25) is 4.79 Å². The van der Waals surface area contributed by atoms with Crippen molar-refractivity contribution in [3.63, 3.8) is 0 Å². The number of rotatable bonds is 5. The van der Waals surface area contributed by atoms with Crippen molar-refractivity contribution in [2.24, 2.45) is 0 Å². The summed E-state index contributed by atoms with van der Waals surface area (Å²) in [5, 5.41) is 1.04. The van der Waals surface area contributed by atoms with Gasteiger partial charge in [-0.05, 0) is 29.8 Å². The molecule has 3 aromatic rings. The highest BCUT2D eigenvalue weighted by Crippen LogP contribution is 2.20. The number of para-hydroxylation sites is 1. The maximum Gasteiger partial charge on any atom is 0.246 e. The third-order valence-electron chi connectivity index (χ3n) is 4.80. The second-order valence-corrected chi connectivity index (χ2v) is 6.79. The van der Waals surface area contributed by atoms with Gasteiger partial charge in [0.15, 0.2) is 11.6 Å². The Balaban J connectivity index is 1.36. The lowest BCUT2D eigenvalue weighted by molar-refractivity contribution is -0.134. The van der Waals surface area contributed by atoms with E-state index in [1.165, 1.54) is 6.08 Å². The highest BCUT2D eigenvalue weighted by Gasteiger charge is 2.24. The Morgan fingerprint density at radius 3 is 3.03 bits per heavy atom. The number of halogens is 2. The zero-order valence-electron chi connectivity index (χ0n) is 15.6. The van der Waals surface area contributed by atoms with Crippen LogP contribution in [0.3, 0.4) is 0 Å². The third kappa shape index (κ3) is 4.46. The first-order valence-electron chi connectivity index (χ1n) is 9.33. The van der Waals surface area contributed by atoms with Gasteiger partial charge in [-0.2, -0.15) is 0 Å². The Labute approximate surface area is 166 Å². The Hall–Kier alpha value is -3.19. The molecule has 1 aromatic heterocycles. The summed E-state index contributed by atoms with van der Waals surface area (Å²) in [5.74, 6) is -1.53. The third-order valence-corrected chi connectivity index (χ3v) is 4.80. The van der Waals surface area contributed by atoms with Crippen molar-refractivity contribution in [1.82, 2.24) is 9.88 Å². The van der Waals surface area contributed by atoms with Crippen LogP contribution >= 0.6 is 0 Å². The molecule has 1 amide bonds. The first-order valence-corrected chi connectivity index (χ1v) is 9.33. The summed E-state index contributed by atoms with van der Waals surface area (Å²) in [7, 11) is 0. The standard InChI is InChI=1S/C22H20F2N2O3/c23-16-6-7-19(24)21(11-16)29-14-17-13-26(9-10-28-17)22(27)8-5-15-12-25-20-4-2-1-3-18(15)20/h1-8,11-12,17,25H,9-10,13-14H2. The van der Waals surface area contributed by atoms with Crippen LogP contribution < -0.4 is 4.74 Å². The molecule has 0 bridgehead atoms. The predicted octanol–water partition coefficient (Wildman–Crippen LogP) is 3.77. The van der Waals surface area contributed by atoms with Crippen molar-refractivity contribution in [1.29, 1.82) is 0 Å². The van der Waals surface area contributed by atoms with Crippen LogP contribution in [-0.2, 0) is 9.53 Å². The first kappa shape index (κ1) is 19.1. The van der Waals surface area contributed by atoms with E-state index in [0.717, 1.165) is 34.7 Å². The van der Waals surface area contributed by atoms with E-state index in [4.69, 9.17) is 9.47 Å². The minimum atomic E-state index is -0.642. The van der Waals surface area contributed by atoms with Gasteiger partial charge >= 0.3 is 0 Å². The zero-order chi connectivity index (χ0) is 20.2. The van der Waals surface area contributed by atoms with Crippen LogP contribution in [0.1, 0.15) is 5.56 Å². The number of morpholine rings is 1. The number of nitrogens with zero attached hydrogens (tertiary/aromatic N) is 1. The summed E-state index contributed by atoms with van der Waals surface area (Å²) in [6, 6.07) is 10.9. The fourth-order valence-corrected chi connectivity index (χ4v) is 3.29. The molecule has 2 aromatic carbocycles. The van der Waals surface area contributed by atoms with Crippen molar-refractivity contribution < 1.29 is 23.0 Å². The topological polar surface area (TPSA) is 54.6 Å². The number of carbonyl (C=O) groups excluding carboxylic acids is 1. The van der Waals surface area contributed by atoms with E-state index in [1.807, 2.05) is 30.5 Å². The minimum absolute atomic E-state index is 0.0241. The fraction of sp³-hybridized carbons (Fsp3) is 0.227. The zero-order valence-corrected chi connectivity index (χ0v) is 15.6. The van der Waals surface area contributed by atoms with Gasteiger partial charge < -0.3 is 19.4 Å². The van der Waals surface area contributed by atoms with Crippen LogP contribution in [0.5, 0.6) is 5.75 Å². The molecule has 0 radical (unpaired) electrons. The summed E-state index contributed by atoms with van der Waals surface area (Å²) in [4.78, 5) is 17.4. The Morgan fingerprint density at radius 2 is 2.14 bits per heavy atom. The lowest BCUT2D eigenvalue weighted by Crippen LogP contribution is -2.47. The van der Waals surface area contributed by atoms with Crippen molar-refractivity contribution in [2.75, 3.05) is 26.3 Å². The molecule has 4 rings (SSSR count). The molecule has 0 aliphatic carbocycles. The van der Waals surface area contributed by atoms with E-state index in [1.54, 1.807) is 11.0 Å². The van der Waals surface area contributed by atoms with Gasteiger partial charge in [0.05, 0.1) is 13.2 Å². The minimum Gasteiger partial charge on any atom is -0.488 e. The van der Waals surface area contributed by atoms with Crippen LogP contribution in [0.2, 0.25) is 0 Å². The van der Waals surface area contributed by atoms with Crippen LogP contribution in [0.15, 0.2) is 54.7 Å². The number of nitrogens with one attached hydrogen (secondary N) is 1. The van der Waals surface area contributed by atoms with Gasteiger partial charge in [-0.15, -0.1) is 0 Å². The van der Waals surface area contributed by atoms with Gasteiger partial charge in [-0.1, -0.05) is 18.2 Å². The summed E-state index contributed by atoms with van der Waals surface area (Å²) in [6.07, 6.45) is 4.75. The number of aromatic amines is 1. The van der Waals surface area contributed by atoms with Gasteiger partial charge in [0.2, 0.25) is 5.91 Å². The molecule has 150 valence electrons. The largest absolute Gasteiger partial charge is 0.488 e. The van der Waals surface area contributed by atoms with Crippen LogP contribution in [-0.4, -0.2) is 48.2 Å². The van der Waals surface area contributed by atoms with Gasteiger partial charge in [0, 0.05) is 35.8 Å². The summed E-state index contributed by atoms with van der Waals surface area (Å²) in [5.41, 5.74) is 1.94. The molecule has 1 atom stereocenters. The maximum absolute atomic E-state index is 13.7. The number of hydrogen-bond donors (Lipinski definition) is 1. The highest BCUT2D eigenvalue weighted by molar-refractivity contribution is 5.96. The number of ether oxygens (including phenoxy) is 2. The normalized spacial score (nSPS) is 17.2. The number of fused-ring (bicyclic) bond motifs is 1. The molecular formula is C22H20F2N2O3. The van der Waals surface area contributed by atoms with Crippen molar-refractivity contribution in [3.05, 3.63) is 71.9 Å². The van der Waals surface area contributed by atoms with E-state index in [0.29, 0.717) is 19.7 Å². The van der Waals surface area contributed by atoms with E-state index in [2.05, 4.69) is 4.98 Å². The Kier molecular flexibility index (Phi) is 5.57. The molecule has 1 fully saturated rings. The molecule has 1 saturated heterocycles. The number of amides is 1. The molecule has 5 nitrogen and oxygen atoms in total. The molecule has 0 saturated carbocycles. The van der Waals surface area contributed by atoms with E-state index in [-0.39, 0.29) is 18.3 Å². The fourth-order valence-electron chi connectivity index (χ4n) is 3.29. The van der Waals surface area contributed by atoms with Crippen LogP contribution in [0.25, 0.3) is 17.0 Å². The van der Waals surface area contributed by atoms with Crippen LogP contribution in [0.4, 0.5) is 8.78 Å². The molecule has 1 N–H and O–H groups in total. The van der Waals surface area contributed by atoms with Gasteiger partial charge in [0.25, 0.3) is 0 Å². The quantitative estimate of drug-likeness (QED) is 0.666. The Bertz CT molecular complexity index is 1050. The number of benzene rings is 2. The highest BCUT2D eigenvalue weighted by atomic mass is 19.1. The molecule has 7 heteroatoms. The Morgan fingerprint density at radius 1 is 1.28 bits per heavy atom. The van der Waals surface area contributed by atoms with Crippen molar-refractivity contribution in [2.45, 2.75) is 6.10 Å². The average Bonchev–Trinajstić information content (AvgIpc) is 3.16. The SMILES string of the molecule is O=C(C=Cc1c[nH]c2ccccc12)N1CCOC(COc2cc(F)ccc2F)C1. The average molecular weight is 398 g/mol. The maximum atomic E-state index is 13.7. The molecule has 1 aliphatic heterocycles. The lowest BCUT2D eigenvalue weighted by atomic mass is 10.1. The summed E-state index contributed by atoms with van der Waals surface area (Å²) >= 11 is 0. The second kappa shape index (κ2) is 8.45. The van der Waals surface area contributed by atoms with Gasteiger partial charge in [0.1, 0.15) is 18.5 Å². The number of carbonyl (C=O) groups is 1. The lowest BCUT2D eigenvalue weighted by Gasteiger charge is -2.32. The molecule has 2 heterocycles. The van der Waals surface area contributed by atoms with Crippen molar-refractivity contribution >= 4 is 22.9 Å². The molecule has 1 aliphatic rings. The number of H-pyrrole nitrogens is 1. The monoisotopic (exact) mass is 398 g/mol. The smallest absolute Gasteiger partial charge is 0.246 e. The van der Waals surface area contributed by atoms with Gasteiger partial charge in [-0.25, -0.2) is 8.78 Å². The number of hydrogen-bond acceptors (Lipinski definition) is 3. The second-order valence-electron chi connectivity index (χ2n) is 6.79. The molecule has 0 spiro atoms. The van der Waals surface area contributed by atoms with Crippen LogP contribution in [0, 0.1) is 11.6 Å². The van der Waals surface area contributed by atoms with E-state index >= 15 is 0 Å². The molecule has 1 unspecified atom stereocenters. The van der Waals surface area contributed by atoms with E-state index in [9.17, 15) is 13.6 Å². The van der Waals surface area contributed by atoms with Crippen molar-refractivity contribution in [3.8, 4) is 5.75 Å². The first-order chi connectivity index (χ1) is 14.1.